The molecule has 0 aromatic rings. The van der Waals surface area contributed by atoms with E-state index >= 15 is 0 Å². The Morgan fingerprint density at radius 2 is 0.855 bits per heavy atom. The number of unbranched alkanes of at least 4 members (excludes halogenated alkanes) is 31. The van der Waals surface area contributed by atoms with Crippen molar-refractivity contribution in [3.8, 4) is 0 Å². The van der Waals surface area contributed by atoms with Gasteiger partial charge in [0.25, 0.3) is 0 Å². The predicted molar refractivity (Wildman–Crippen MR) is 256 cm³/mol. The van der Waals surface area contributed by atoms with E-state index in [1.165, 1.54) is 173 Å². The highest BCUT2D eigenvalue weighted by atomic mass is 31.2. The number of rotatable bonds is 49. The van der Waals surface area contributed by atoms with Gasteiger partial charge in [-0.2, -0.15) is 0 Å². The van der Waals surface area contributed by atoms with Gasteiger partial charge in [-0.25, -0.2) is 4.57 Å². The van der Waals surface area contributed by atoms with Gasteiger partial charge in [0.15, 0.2) is 6.10 Å². The fourth-order valence-electron chi connectivity index (χ4n) is 7.39. The van der Waals surface area contributed by atoms with Gasteiger partial charge in [0.05, 0.1) is 19.8 Å². The van der Waals surface area contributed by atoms with Crippen molar-refractivity contribution in [2.45, 2.75) is 264 Å². The van der Waals surface area contributed by atoms with E-state index in [1.807, 2.05) is 0 Å². The largest absolute Gasteiger partial charge is 0.472 e. The van der Waals surface area contributed by atoms with Gasteiger partial charge in [-0.3, -0.25) is 18.6 Å². The van der Waals surface area contributed by atoms with Gasteiger partial charge in [0.2, 0.25) is 0 Å². The topological polar surface area (TPSA) is 149 Å². The quantitative estimate of drug-likeness (QED) is 0.0233. The van der Waals surface area contributed by atoms with E-state index in [0.717, 1.165) is 38.5 Å². The van der Waals surface area contributed by atoms with Crippen molar-refractivity contribution in [1.82, 2.24) is 0 Å². The van der Waals surface area contributed by atoms with Crippen LogP contribution in [0.15, 0.2) is 24.3 Å². The molecule has 1 unspecified atom stereocenters. The van der Waals surface area contributed by atoms with Gasteiger partial charge in [0.1, 0.15) is 12.7 Å². The standard InChI is InChI=1S/C51H97O10P/c1-3-5-7-9-11-13-15-17-19-21-22-23-24-25-27-29-31-33-35-37-39-41-43-51(55)61-49(47-60-62(56,57)59-45-48(53)44-52)46-58-50(54)42-40-38-36-34-32-30-28-26-20-18-16-14-12-10-8-6-4-2/h28,30,34,36,48-49,52-53H,3-27,29,31-33,35,37-47H2,1-2H3,(H,56,57)/b30-28+,36-34+/t48-,49+/m0/s1. The van der Waals surface area contributed by atoms with Crippen LogP contribution in [0.5, 0.6) is 0 Å². The lowest BCUT2D eigenvalue weighted by atomic mass is 10.0. The van der Waals surface area contributed by atoms with Crippen LogP contribution >= 0.6 is 7.82 Å². The van der Waals surface area contributed by atoms with Crippen molar-refractivity contribution in [3.63, 3.8) is 0 Å². The van der Waals surface area contributed by atoms with Crippen molar-refractivity contribution in [3.05, 3.63) is 24.3 Å². The number of carbonyl (C=O) groups is 2. The minimum Gasteiger partial charge on any atom is -0.462 e. The fourth-order valence-corrected chi connectivity index (χ4v) is 8.18. The third-order valence-electron chi connectivity index (χ3n) is 11.4. The Morgan fingerprint density at radius 3 is 1.29 bits per heavy atom. The minimum atomic E-state index is -4.63. The Balaban J connectivity index is 4.18. The van der Waals surface area contributed by atoms with E-state index in [9.17, 15) is 24.2 Å². The van der Waals surface area contributed by atoms with E-state index in [0.29, 0.717) is 12.8 Å². The Morgan fingerprint density at radius 1 is 0.484 bits per heavy atom. The molecule has 0 spiro atoms. The second-order valence-corrected chi connectivity index (χ2v) is 19.0. The van der Waals surface area contributed by atoms with Gasteiger partial charge >= 0.3 is 19.8 Å². The first-order valence-corrected chi connectivity index (χ1v) is 27.3. The van der Waals surface area contributed by atoms with Crippen LogP contribution in [0.1, 0.15) is 251 Å². The van der Waals surface area contributed by atoms with Crippen LogP contribution in [0.4, 0.5) is 0 Å². The Kier molecular flexibility index (Phi) is 46.2. The van der Waals surface area contributed by atoms with Crippen LogP contribution < -0.4 is 0 Å². The first-order valence-electron chi connectivity index (χ1n) is 25.8. The third-order valence-corrected chi connectivity index (χ3v) is 12.3. The molecule has 62 heavy (non-hydrogen) atoms. The molecule has 366 valence electrons. The molecule has 0 fully saturated rings. The van der Waals surface area contributed by atoms with Crippen molar-refractivity contribution >= 4 is 19.8 Å². The summed E-state index contributed by atoms with van der Waals surface area (Å²) in [7, 11) is -4.63. The maximum Gasteiger partial charge on any atom is 0.472 e. The van der Waals surface area contributed by atoms with Crippen LogP contribution in [0.25, 0.3) is 0 Å². The Bertz CT molecular complexity index is 1080. The molecule has 3 atom stereocenters. The van der Waals surface area contributed by atoms with Gasteiger partial charge in [0, 0.05) is 12.8 Å². The number of allylic oxidation sites excluding steroid dienone is 4. The minimum absolute atomic E-state index is 0.181. The number of aliphatic hydroxyl groups excluding tert-OH is 2. The first kappa shape index (κ1) is 60.5. The van der Waals surface area contributed by atoms with Gasteiger partial charge in [-0.05, 0) is 38.5 Å². The zero-order valence-corrected chi connectivity index (χ0v) is 41.0. The average Bonchev–Trinajstić information content (AvgIpc) is 3.26. The maximum absolute atomic E-state index is 12.7. The van der Waals surface area contributed by atoms with Gasteiger partial charge in [-0.15, -0.1) is 0 Å². The highest BCUT2D eigenvalue weighted by molar-refractivity contribution is 7.47. The van der Waals surface area contributed by atoms with Crippen LogP contribution in [0, 0.1) is 0 Å². The molecule has 11 heteroatoms. The normalized spacial score (nSPS) is 13.8. The van der Waals surface area contributed by atoms with E-state index in [2.05, 4.69) is 38.2 Å². The smallest absolute Gasteiger partial charge is 0.462 e. The summed E-state index contributed by atoms with van der Waals surface area (Å²) in [5.41, 5.74) is 0. The molecule has 0 amide bonds. The molecule has 0 aliphatic heterocycles. The molecule has 0 aliphatic rings. The second-order valence-electron chi connectivity index (χ2n) is 17.6. The molecule has 0 heterocycles. The van der Waals surface area contributed by atoms with Gasteiger partial charge < -0.3 is 24.6 Å². The number of carbonyl (C=O) groups excluding carboxylic acids is 2. The monoisotopic (exact) mass is 901 g/mol. The fraction of sp³-hybridized carbons (Fsp3) is 0.882. The summed E-state index contributed by atoms with van der Waals surface area (Å²) in [6, 6.07) is 0. The number of ether oxygens (including phenoxy) is 2. The molecule has 10 nitrogen and oxygen atoms in total. The summed E-state index contributed by atoms with van der Waals surface area (Å²) < 4.78 is 32.8. The number of hydrogen-bond donors (Lipinski definition) is 3. The number of hydrogen-bond acceptors (Lipinski definition) is 9. The summed E-state index contributed by atoms with van der Waals surface area (Å²) in [5.74, 6) is -0.964. The lowest BCUT2D eigenvalue weighted by Crippen LogP contribution is -2.29. The molecular formula is C51H97O10P. The highest BCUT2D eigenvalue weighted by Crippen LogP contribution is 2.43. The second kappa shape index (κ2) is 47.4. The van der Waals surface area contributed by atoms with Crippen molar-refractivity contribution in [2.75, 3.05) is 26.4 Å². The molecule has 0 saturated heterocycles. The lowest BCUT2D eigenvalue weighted by molar-refractivity contribution is -0.161. The van der Waals surface area contributed by atoms with E-state index < -0.39 is 51.8 Å². The number of esters is 2. The molecule has 0 saturated carbocycles. The summed E-state index contributed by atoms with van der Waals surface area (Å²) in [5, 5.41) is 18.4. The van der Waals surface area contributed by atoms with E-state index in [1.54, 1.807) is 0 Å². The Labute approximate surface area is 380 Å². The number of phosphoric acid groups is 1. The SMILES string of the molecule is CCCCCCCCCCC/C=C/C/C=C/CCCC(=O)OC[C@H](COP(=O)(O)OC[C@@H](O)CO)OC(=O)CCCCCCCCCCCCCCCCCCCCCCCC. The molecular weight excluding hydrogens is 804 g/mol. The maximum atomic E-state index is 12.7. The molecule has 0 aromatic carbocycles. The van der Waals surface area contributed by atoms with E-state index in [4.69, 9.17) is 23.6 Å². The van der Waals surface area contributed by atoms with Crippen molar-refractivity contribution in [2.24, 2.45) is 0 Å². The predicted octanol–water partition coefficient (Wildman–Crippen LogP) is 14.5. The average molecular weight is 901 g/mol. The highest BCUT2D eigenvalue weighted by Gasteiger charge is 2.27. The van der Waals surface area contributed by atoms with Crippen molar-refractivity contribution < 1.29 is 47.8 Å². The zero-order valence-electron chi connectivity index (χ0n) is 40.1. The first-order chi connectivity index (χ1) is 30.2. The van der Waals surface area contributed by atoms with Gasteiger partial charge in [-0.1, -0.05) is 224 Å². The molecule has 3 N–H and O–H groups in total. The molecule has 0 aliphatic carbocycles. The summed E-state index contributed by atoms with van der Waals surface area (Å²) >= 11 is 0. The zero-order chi connectivity index (χ0) is 45.5. The molecule has 0 aromatic heterocycles. The molecule has 0 bridgehead atoms. The lowest BCUT2D eigenvalue weighted by Gasteiger charge is -2.20. The van der Waals surface area contributed by atoms with E-state index in [-0.39, 0.29) is 19.4 Å². The number of aliphatic hydroxyl groups is 2. The molecule has 0 radical (unpaired) electrons. The van der Waals surface area contributed by atoms with Crippen LogP contribution in [-0.4, -0.2) is 65.7 Å². The van der Waals surface area contributed by atoms with Crippen LogP contribution in [-0.2, 0) is 32.7 Å². The van der Waals surface area contributed by atoms with Crippen LogP contribution in [0.2, 0.25) is 0 Å². The third kappa shape index (κ3) is 46.4. The molecule has 0 rings (SSSR count). The van der Waals surface area contributed by atoms with Crippen molar-refractivity contribution in [1.29, 1.82) is 0 Å². The Hall–Kier alpha value is -1.55. The summed E-state index contributed by atoms with van der Waals surface area (Å²) in [6.45, 7) is 2.39. The summed E-state index contributed by atoms with van der Waals surface area (Å²) in [6.07, 6.45) is 50.2. The summed E-state index contributed by atoms with van der Waals surface area (Å²) in [4.78, 5) is 35.1. The van der Waals surface area contributed by atoms with Crippen LogP contribution in [0.3, 0.4) is 0 Å². The number of phosphoric ester groups is 1.